The van der Waals surface area contributed by atoms with E-state index in [1.54, 1.807) is 0 Å². The highest BCUT2D eigenvalue weighted by Gasteiger charge is 2.41. The van der Waals surface area contributed by atoms with E-state index in [0.717, 1.165) is 22.7 Å². The van der Waals surface area contributed by atoms with E-state index in [9.17, 15) is 0 Å². The minimum absolute atomic E-state index is 0.128. The monoisotopic (exact) mass is 909 g/mol. The van der Waals surface area contributed by atoms with Gasteiger partial charge in [-0.3, -0.25) is 0 Å². The Morgan fingerprint density at radius 1 is 0.310 bits per heavy atom. The Kier molecular flexibility index (Phi) is 8.98. The fourth-order valence-electron chi connectivity index (χ4n) is 12.5. The molecule has 2 heterocycles. The van der Waals surface area contributed by atoms with E-state index < -0.39 is 0 Å². The smallest absolute Gasteiger partial charge is 0.0585 e. The predicted octanol–water partition coefficient (Wildman–Crippen LogP) is 18.1. The quantitative estimate of drug-likeness (QED) is 0.155. The Morgan fingerprint density at radius 2 is 0.803 bits per heavy atom. The number of fused-ring (bicyclic) bond motifs is 11. The van der Waals surface area contributed by atoms with Gasteiger partial charge in [0, 0.05) is 61.0 Å². The number of para-hydroxylation sites is 1. The van der Waals surface area contributed by atoms with Gasteiger partial charge in [0.1, 0.15) is 0 Å². The van der Waals surface area contributed by atoms with Crippen LogP contribution >= 0.6 is 0 Å². The highest BCUT2D eigenvalue weighted by atomic mass is 15.1. The van der Waals surface area contributed by atoms with Gasteiger partial charge in [0.2, 0.25) is 0 Å². The van der Waals surface area contributed by atoms with Gasteiger partial charge in [-0.15, -0.1) is 0 Å². The van der Waals surface area contributed by atoms with Gasteiger partial charge in [-0.25, -0.2) is 0 Å². The van der Waals surface area contributed by atoms with E-state index in [1.807, 2.05) is 0 Å². The normalized spacial score (nSPS) is 13.9. The van der Waals surface area contributed by atoms with Crippen LogP contribution < -0.4 is 4.90 Å². The summed E-state index contributed by atoms with van der Waals surface area (Å²) in [4.78, 5) is 2.42. The molecule has 3 nitrogen and oxygen atoms in total. The SMILES string of the molecule is CC1(C)c2ccccc2-c2ccc(N(c3ccc(-c4ccccc4)cc3)c3ccc(-n4c5ccc(-c6ccccc6)cc5c5cc6c7c(n(-c8ccccc8)c6cc54)-c4ccccc4C7(C)C)cc3)cc21. The predicted molar refractivity (Wildman–Crippen MR) is 298 cm³/mol. The maximum atomic E-state index is 2.52. The lowest BCUT2D eigenvalue weighted by Gasteiger charge is -2.28. The van der Waals surface area contributed by atoms with Crippen LogP contribution in [0.15, 0.2) is 237 Å². The standard InChI is InChI=1S/C68H51N3/c1-67(2)59-26-16-14-24-53(59)54-38-37-52(41-61(54)67)69(49-31-28-46(29-32-49)44-18-8-5-9-19-44)50-33-35-51(36-34-50)70-62-39-30-47(45-20-10-6-11-21-45)40-56(62)57-42-58-64(43-63(57)70)71(48-22-12-7-13-23-48)66-55-25-15-17-27-60(55)68(3,4)65(58)66/h5-43H,1-4H3. The molecule has 0 spiro atoms. The summed E-state index contributed by atoms with van der Waals surface area (Å²) in [5, 5.41) is 3.78. The number of anilines is 3. The first kappa shape index (κ1) is 41.3. The number of hydrogen-bond donors (Lipinski definition) is 0. The van der Waals surface area contributed by atoms with Crippen LogP contribution in [0.4, 0.5) is 17.1 Å². The van der Waals surface area contributed by atoms with Crippen molar-refractivity contribution in [2.45, 2.75) is 38.5 Å². The molecule has 0 saturated carbocycles. The molecule has 0 aliphatic heterocycles. The van der Waals surface area contributed by atoms with Crippen molar-refractivity contribution >= 4 is 49.8 Å². The second-order valence-corrected chi connectivity index (χ2v) is 20.6. The van der Waals surface area contributed by atoms with Crippen molar-refractivity contribution in [1.82, 2.24) is 9.13 Å². The maximum Gasteiger partial charge on any atom is 0.0585 e. The van der Waals surface area contributed by atoms with Crippen LogP contribution in [-0.2, 0) is 10.8 Å². The zero-order chi connectivity index (χ0) is 47.6. The van der Waals surface area contributed by atoms with Gasteiger partial charge >= 0.3 is 0 Å². The average molecular weight is 910 g/mol. The average Bonchev–Trinajstić information content (AvgIpc) is 4.09. The number of aromatic nitrogens is 2. The molecule has 14 rings (SSSR count). The van der Waals surface area contributed by atoms with Crippen LogP contribution in [0.25, 0.3) is 88.7 Å². The molecule has 338 valence electrons. The van der Waals surface area contributed by atoms with Gasteiger partial charge < -0.3 is 14.0 Å². The molecule has 2 aliphatic rings. The molecule has 10 aromatic carbocycles. The van der Waals surface area contributed by atoms with Gasteiger partial charge in [-0.1, -0.05) is 179 Å². The van der Waals surface area contributed by atoms with Crippen LogP contribution in [0.5, 0.6) is 0 Å². The molecule has 0 bridgehead atoms. The van der Waals surface area contributed by atoms with Gasteiger partial charge in [0.05, 0.1) is 22.2 Å². The molecule has 0 unspecified atom stereocenters. The summed E-state index contributed by atoms with van der Waals surface area (Å²) in [6.07, 6.45) is 0. The summed E-state index contributed by atoms with van der Waals surface area (Å²) >= 11 is 0. The molecule has 2 aromatic heterocycles. The molecule has 0 saturated heterocycles. The molecule has 12 aromatic rings. The molecule has 0 fully saturated rings. The van der Waals surface area contributed by atoms with Gasteiger partial charge in [-0.05, 0) is 141 Å². The fourth-order valence-corrected chi connectivity index (χ4v) is 12.5. The summed E-state index contributed by atoms with van der Waals surface area (Å²) < 4.78 is 5.01. The lowest BCUT2D eigenvalue weighted by Crippen LogP contribution is -2.16. The van der Waals surface area contributed by atoms with Crippen LogP contribution in [-0.4, -0.2) is 9.13 Å². The number of rotatable bonds is 7. The fraction of sp³-hybridized carbons (Fsp3) is 0.0882. The summed E-state index contributed by atoms with van der Waals surface area (Å²) in [5.41, 5.74) is 24.4. The van der Waals surface area contributed by atoms with Crippen LogP contribution in [0, 0.1) is 0 Å². The van der Waals surface area contributed by atoms with Crippen LogP contribution in [0.3, 0.4) is 0 Å². The molecule has 3 heteroatoms. The summed E-state index contributed by atoms with van der Waals surface area (Å²) in [5.74, 6) is 0. The molecule has 2 aliphatic carbocycles. The van der Waals surface area contributed by atoms with Crippen molar-refractivity contribution in [3.05, 3.63) is 259 Å². The van der Waals surface area contributed by atoms with E-state index in [2.05, 4.69) is 278 Å². The Hall–Kier alpha value is -8.66. The minimum atomic E-state index is -0.187. The first-order valence-corrected chi connectivity index (χ1v) is 24.9. The second-order valence-electron chi connectivity index (χ2n) is 20.6. The zero-order valence-electron chi connectivity index (χ0n) is 40.4. The zero-order valence-corrected chi connectivity index (χ0v) is 40.4. The van der Waals surface area contributed by atoms with Crippen molar-refractivity contribution in [1.29, 1.82) is 0 Å². The van der Waals surface area contributed by atoms with Crippen molar-refractivity contribution in [3.8, 4) is 56.0 Å². The largest absolute Gasteiger partial charge is 0.310 e. The number of benzene rings is 10. The lowest BCUT2D eigenvalue weighted by atomic mass is 9.81. The molecular formula is C68H51N3. The lowest BCUT2D eigenvalue weighted by molar-refractivity contribution is 0.660. The first-order valence-electron chi connectivity index (χ1n) is 24.9. The highest BCUT2D eigenvalue weighted by molar-refractivity contribution is 6.16. The van der Waals surface area contributed by atoms with E-state index in [-0.39, 0.29) is 10.8 Å². The van der Waals surface area contributed by atoms with Crippen LogP contribution in [0.1, 0.15) is 49.9 Å². The third-order valence-electron chi connectivity index (χ3n) is 15.9. The Labute approximate surface area is 415 Å². The van der Waals surface area contributed by atoms with Crippen LogP contribution in [0.2, 0.25) is 0 Å². The van der Waals surface area contributed by atoms with E-state index >= 15 is 0 Å². The van der Waals surface area contributed by atoms with Crippen molar-refractivity contribution < 1.29 is 0 Å². The maximum absolute atomic E-state index is 2.52. The van der Waals surface area contributed by atoms with E-state index in [0.29, 0.717) is 0 Å². The van der Waals surface area contributed by atoms with Crippen molar-refractivity contribution in [2.24, 2.45) is 0 Å². The summed E-state index contributed by atoms with van der Waals surface area (Å²) in [6, 6.07) is 87.6. The van der Waals surface area contributed by atoms with Gasteiger partial charge in [-0.2, -0.15) is 0 Å². The molecule has 0 atom stereocenters. The van der Waals surface area contributed by atoms with E-state index in [4.69, 9.17) is 0 Å². The third-order valence-corrected chi connectivity index (χ3v) is 15.9. The molecule has 0 N–H and O–H groups in total. The Morgan fingerprint density at radius 3 is 1.49 bits per heavy atom. The van der Waals surface area contributed by atoms with Gasteiger partial charge in [0.15, 0.2) is 0 Å². The van der Waals surface area contributed by atoms with Crippen molar-refractivity contribution in [3.63, 3.8) is 0 Å². The number of hydrogen-bond acceptors (Lipinski definition) is 1. The molecule has 71 heavy (non-hydrogen) atoms. The number of nitrogens with zero attached hydrogens (tertiary/aromatic N) is 3. The minimum Gasteiger partial charge on any atom is -0.310 e. The molecule has 0 radical (unpaired) electrons. The first-order chi connectivity index (χ1) is 34.7. The summed E-state index contributed by atoms with van der Waals surface area (Å²) in [7, 11) is 0. The molecule has 0 amide bonds. The molecular weight excluding hydrogens is 859 g/mol. The van der Waals surface area contributed by atoms with E-state index in [1.165, 1.54) is 105 Å². The van der Waals surface area contributed by atoms with Gasteiger partial charge in [0.25, 0.3) is 0 Å². The third kappa shape index (κ3) is 6.15. The highest BCUT2D eigenvalue weighted by Crippen LogP contribution is 2.55. The second kappa shape index (κ2) is 15.4. The van der Waals surface area contributed by atoms with Crippen molar-refractivity contribution in [2.75, 3.05) is 4.90 Å². The Balaban J connectivity index is 0.977. The topological polar surface area (TPSA) is 13.1 Å². The Bertz CT molecular complexity index is 4060. The summed E-state index contributed by atoms with van der Waals surface area (Å²) in [6.45, 7) is 9.53.